The Morgan fingerprint density at radius 1 is 0.944 bits per heavy atom. The van der Waals surface area contributed by atoms with Gasteiger partial charge in [0, 0.05) is 12.4 Å². The molecule has 2 N–H and O–H groups in total. The Labute approximate surface area is 108 Å². The Morgan fingerprint density at radius 2 is 1.50 bits per heavy atom. The van der Waals surface area contributed by atoms with Crippen molar-refractivity contribution in [1.29, 1.82) is 0 Å². The summed E-state index contributed by atoms with van der Waals surface area (Å²) in [4.78, 5) is 8.57. The first-order valence-electron chi connectivity index (χ1n) is 6.16. The molecule has 1 atom stereocenters. The molecule has 0 bridgehead atoms. The molecule has 3 heteroatoms. The maximum absolute atomic E-state index is 6.15. The third kappa shape index (κ3) is 3.14. The van der Waals surface area contributed by atoms with Gasteiger partial charge >= 0.3 is 0 Å². The molecule has 1 aromatic heterocycles. The van der Waals surface area contributed by atoms with Gasteiger partial charge in [0.1, 0.15) is 5.82 Å². The van der Waals surface area contributed by atoms with Crippen molar-refractivity contribution in [1.82, 2.24) is 9.97 Å². The van der Waals surface area contributed by atoms with E-state index in [0.29, 0.717) is 5.82 Å². The van der Waals surface area contributed by atoms with E-state index in [1.54, 1.807) is 0 Å². The minimum atomic E-state index is -0.146. The van der Waals surface area contributed by atoms with Gasteiger partial charge in [0.05, 0.1) is 6.04 Å². The molecule has 1 aromatic carbocycles. The maximum Gasteiger partial charge on any atom is 0.145 e. The summed E-state index contributed by atoms with van der Waals surface area (Å²) in [5.74, 6) is 0.708. The summed E-state index contributed by atoms with van der Waals surface area (Å²) in [7, 11) is 0. The molecule has 18 heavy (non-hydrogen) atoms. The molecule has 0 saturated heterocycles. The summed E-state index contributed by atoms with van der Waals surface area (Å²) in [6.45, 7) is 6.17. The smallest absolute Gasteiger partial charge is 0.145 e. The summed E-state index contributed by atoms with van der Waals surface area (Å²) in [5, 5.41) is 0. The molecule has 0 aliphatic heterocycles. The number of nitrogens with two attached hydrogens (primary N) is 1. The van der Waals surface area contributed by atoms with Crippen LogP contribution in [0.3, 0.4) is 0 Å². The Morgan fingerprint density at radius 3 is 2.06 bits per heavy atom. The topological polar surface area (TPSA) is 51.8 Å². The van der Waals surface area contributed by atoms with Gasteiger partial charge in [-0.05, 0) is 38.3 Å². The van der Waals surface area contributed by atoms with Crippen molar-refractivity contribution in [2.24, 2.45) is 5.73 Å². The maximum atomic E-state index is 6.15. The lowest BCUT2D eigenvalue weighted by molar-refractivity contribution is 0.665. The van der Waals surface area contributed by atoms with E-state index in [0.717, 1.165) is 12.0 Å². The first kappa shape index (κ1) is 12.7. The number of hydrogen-bond acceptors (Lipinski definition) is 3. The van der Waals surface area contributed by atoms with Crippen LogP contribution in [0.2, 0.25) is 0 Å². The monoisotopic (exact) mass is 241 g/mol. The molecular formula is C15H19N3. The Bertz CT molecular complexity index is 512. The quantitative estimate of drug-likeness (QED) is 0.898. The molecule has 0 aliphatic carbocycles. The summed E-state index contributed by atoms with van der Waals surface area (Å²) < 4.78 is 0. The molecule has 1 unspecified atom stereocenters. The second-order valence-electron chi connectivity index (χ2n) is 4.93. The SMILES string of the molecule is Cc1cnc(C(N)Cc2cc(C)cc(C)c2)nc1. The number of hydrogen-bond donors (Lipinski definition) is 1. The second kappa shape index (κ2) is 5.27. The predicted octanol–water partition coefficient (Wildman–Crippen LogP) is 2.64. The first-order chi connectivity index (χ1) is 8.54. The standard InChI is InChI=1S/C15H19N3/c1-10-4-11(2)6-13(5-10)7-14(16)15-17-8-12(3)9-18-15/h4-6,8-9,14H,7,16H2,1-3H3. The van der Waals surface area contributed by atoms with Gasteiger partial charge in [0.25, 0.3) is 0 Å². The number of benzene rings is 1. The normalized spacial score (nSPS) is 12.4. The molecule has 2 rings (SSSR count). The van der Waals surface area contributed by atoms with Crippen LogP contribution < -0.4 is 5.73 Å². The third-order valence-electron chi connectivity index (χ3n) is 2.87. The van der Waals surface area contributed by atoms with Crippen molar-refractivity contribution in [3.63, 3.8) is 0 Å². The highest BCUT2D eigenvalue weighted by molar-refractivity contribution is 5.29. The van der Waals surface area contributed by atoms with Gasteiger partial charge in [0.15, 0.2) is 0 Å². The number of nitrogens with zero attached hydrogens (tertiary/aromatic N) is 2. The molecule has 3 nitrogen and oxygen atoms in total. The molecule has 2 aromatic rings. The lowest BCUT2D eigenvalue weighted by atomic mass is 10.0. The van der Waals surface area contributed by atoms with Crippen LogP contribution in [-0.2, 0) is 6.42 Å². The van der Waals surface area contributed by atoms with Crippen LogP contribution in [0.25, 0.3) is 0 Å². The summed E-state index contributed by atoms with van der Waals surface area (Å²) in [6.07, 6.45) is 4.39. The number of aromatic nitrogens is 2. The van der Waals surface area contributed by atoms with Crippen molar-refractivity contribution in [3.05, 3.63) is 58.7 Å². The van der Waals surface area contributed by atoms with Crippen LogP contribution in [0.15, 0.2) is 30.6 Å². The lowest BCUT2D eigenvalue weighted by Gasteiger charge is -2.11. The van der Waals surface area contributed by atoms with Crippen LogP contribution in [0, 0.1) is 20.8 Å². The fourth-order valence-corrected chi connectivity index (χ4v) is 2.13. The van der Waals surface area contributed by atoms with Gasteiger partial charge in [-0.1, -0.05) is 29.3 Å². The minimum absolute atomic E-state index is 0.146. The van der Waals surface area contributed by atoms with Crippen LogP contribution in [-0.4, -0.2) is 9.97 Å². The number of aryl methyl sites for hydroxylation is 3. The third-order valence-corrected chi connectivity index (χ3v) is 2.87. The number of rotatable bonds is 3. The predicted molar refractivity (Wildman–Crippen MR) is 73.3 cm³/mol. The van der Waals surface area contributed by atoms with Gasteiger partial charge in [-0.15, -0.1) is 0 Å². The van der Waals surface area contributed by atoms with E-state index in [-0.39, 0.29) is 6.04 Å². The summed E-state index contributed by atoms with van der Waals surface area (Å²) >= 11 is 0. The Kier molecular flexibility index (Phi) is 3.72. The summed E-state index contributed by atoms with van der Waals surface area (Å²) in [5.41, 5.74) is 11.0. The van der Waals surface area contributed by atoms with E-state index in [4.69, 9.17) is 5.73 Å². The van der Waals surface area contributed by atoms with E-state index in [1.165, 1.54) is 16.7 Å². The van der Waals surface area contributed by atoms with Crippen LogP contribution >= 0.6 is 0 Å². The van der Waals surface area contributed by atoms with Gasteiger partial charge in [-0.25, -0.2) is 9.97 Å². The molecule has 0 aliphatic rings. The molecule has 0 radical (unpaired) electrons. The lowest BCUT2D eigenvalue weighted by Crippen LogP contribution is -2.16. The average molecular weight is 241 g/mol. The largest absolute Gasteiger partial charge is 0.321 e. The molecule has 0 spiro atoms. The summed E-state index contributed by atoms with van der Waals surface area (Å²) in [6, 6.07) is 6.35. The van der Waals surface area contributed by atoms with Crippen molar-refractivity contribution in [3.8, 4) is 0 Å². The van der Waals surface area contributed by atoms with E-state index in [1.807, 2.05) is 19.3 Å². The highest BCUT2D eigenvalue weighted by atomic mass is 14.9. The van der Waals surface area contributed by atoms with E-state index >= 15 is 0 Å². The second-order valence-corrected chi connectivity index (χ2v) is 4.93. The van der Waals surface area contributed by atoms with Crippen molar-refractivity contribution in [2.45, 2.75) is 33.2 Å². The van der Waals surface area contributed by atoms with Crippen molar-refractivity contribution >= 4 is 0 Å². The fourth-order valence-electron chi connectivity index (χ4n) is 2.13. The Balaban J connectivity index is 2.15. The van der Waals surface area contributed by atoms with Crippen molar-refractivity contribution in [2.75, 3.05) is 0 Å². The molecule has 0 saturated carbocycles. The molecule has 0 fully saturated rings. The zero-order valence-electron chi connectivity index (χ0n) is 11.1. The van der Waals surface area contributed by atoms with Gasteiger partial charge in [-0.2, -0.15) is 0 Å². The zero-order chi connectivity index (χ0) is 13.1. The average Bonchev–Trinajstić information content (AvgIpc) is 2.28. The van der Waals surface area contributed by atoms with Gasteiger partial charge < -0.3 is 5.73 Å². The molecule has 94 valence electrons. The molecule has 1 heterocycles. The molecule has 0 amide bonds. The Hall–Kier alpha value is -1.74. The highest BCUT2D eigenvalue weighted by Crippen LogP contribution is 2.15. The van der Waals surface area contributed by atoms with E-state index < -0.39 is 0 Å². The minimum Gasteiger partial charge on any atom is -0.321 e. The van der Waals surface area contributed by atoms with E-state index in [2.05, 4.69) is 42.0 Å². The highest BCUT2D eigenvalue weighted by Gasteiger charge is 2.10. The van der Waals surface area contributed by atoms with Crippen molar-refractivity contribution < 1.29 is 0 Å². The van der Waals surface area contributed by atoms with Crippen LogP contribution in [0.1, 0.15) is 34.1 Å². The molecular weight excluding hydrogens is 222 g/mol. The fraction of sp³-hybridized carbons (Fsp3) is 0.333. The van der Waals surface area contributed by atoms with Gasteiger partial charge in [0.2, 0.25) is 0 Å². The van der Waals surface area contributed by atoms with Gasteiger partial charge in [-0.3, -0.25) is 0 Å². The van der Waals surface area contributed by atoms with Crippen LogP contribution in [0.4, 0.5) is 0 Å². The first-order valence-corrected chi connectivity index (χ1v) is 6.16. The van der Waals surface area contributed by atoms with E-state index in [9.17, 15) is 0 Å². The zero-order valence-corrected chi connectivity index (χ0v) is 11.1. The van der Waals surface area contributed by atoms with Crippen LogP contribution in [0.5, 0.6) is 0 Å².